The SMILES string of the molecule is CC(=O)NCc1cncc([C@@H]2CCCN2S(=O)(=O)c2cn[nH]c2)n1. The van der Waals surface area contributed by atoms with Crippen molar-refractivity contribution >= 4 is 15.9 Å². The smallest absolute Gasteiger partial charge is 0.246 e. The van der Waals surface area contributed by atoms with Crippen molar-refractivity contribution in [3.63, 3.8) is 0 Å². The molecule has 0 saturated carbocycles. The van der Waals surface area contributed by atoms with Crippen molar-refractivity contribution in [3.05, 3.63) is 36.2 Å². The number of nitrogens with one attached hydrogen (secondary N) is 2. The molecule has 1 aliphatic heterocycles. The van der Waals surface area contributed by atoms with Gasteiger partial charge in [0.05, 0.1) is 42.6 Å². The first-order valence-electron chi connectivity index (χ1n) is 7.54. The lowest BCUT2D eigenvalue weighted by Crippen LogP contribution is -2.31. The maximum atomic E-state index is 12.7. The number of rotatable bonds is 5. The normalized spacial score (nSPS) is 18.6. The Hall–Kier alpha value is -2.33. The summed E-state index contributed by atoms with van der Waals surface area (Å²) >= 11 is 0. The molecule has 0 radical (unpaired) electrons. The number of carbonyl (C=O) groups is 1. The number of nitrogens with zero attached hydrogens (tertiary/aromatic N) is 4. The Labute approximate surface area is 139 Å². The van der Waals surface area contributed by atoms with Gasteiger partial charge in [-0.15, -0.1) is 0 Å². The summed E-state index contributed by atoms with van der Waals surface area (Å²) in [6.07, 6.45) is 7.22. The zero-order chi connectivity index (χ0) is 17.2. The lowest BCUT2D eigenvalue weighted by molar-refractivity contribution is -0.119. The van der Waals surface area contributed by atoms with Gasteiger partial charge >= 0.3 is 0 Å². The number of sulfonamides is 1. The van der Waals surface area contributed by atoms with Crippen LogP contribution >= 0.6 is 0 Å². The van der Waals surface area contributed by atoms with Crippen molar-refractivity contribution in [2.45, 2.75) is 37.2 Å². The predicted molar refractivity (Wildman–Crippen MR) is 84.0 cm³/mol. The van der Waals surface area contributed by atoms with Crippen LogP contribution in [-0.2, 0) is 21.4 Å². The minimum absolute atomic E-state index is 0.136. The molecule has 0 bridgehead atoms. The molecule has 0 aliphatic carbocycles. The lowest BCUT2D eigenvalue weighted by Gasteiger charge is -2.23. The second-order valence-corrected chi connectivity index (χ2v) is 7.44. The Morgan fingerprint density at radius 1 is 1.42 bits per heavy atom. The summed E-state index contributed by atoms with van der Waals surface area (Å²) in [6, 6.07) is -0.366. The molecule has 128 valence electrons. The van der Waals surface area contributed by atoms with Crippen LogP contribution in [0.15, 0.2) is 29.7 Å². The fourth-order valence-electron chi connectivity index (χ4n) is 2.72. The highest BCUT2D eigenvalue weighted by atomic mass is 32.2. The van der Waals surface area contributed by atoms with Crippen molar-refractivity contribution < 1.29 is 13.2 Å². The maximum Gasteiger partial charge on any atom is 0.246 e. The third-order valence-corrected chi connectivity index (χ3v) is 5.72. The van der Waals surface area contributed by atoms with Crippen LogP contribution in [0.3, 0.4) is 0 Å². The number of aromatic amines is 1. The number of amides is 1. The quantitative estimate of drug-likeness (QED) is 0.803. The first-order chi connectivity index (χ1) is 11.5. The van der Waals surface area contributed by atoms with E-state index in [1.54, 1.807) is 12.4 Å². The van der Waals surface area contributed by atoms with Crippen molar-refractivity contribution in [2.75, 3.05) is 6.54 Å². The molecule has 1 atom stereocenters. The van der Waals surface area contributed by atoms with Crippen molar-refractivity contribution in [1.82, 2.24) is 29.8 Å². The molecule has 1 fully saturated rings. The lowest BCUT2D eigenvalue weighted by atomic mass is 10.2. The standard InChI is InChI=1S/C14H18N6O3S/c1-10(21)16-6-11-5-15-9-13(19-11)14-3-2-4-20(14)24(22,23)12-7-17-18-8-12/h5,7-9,14H,2-4,6H2,1H3,(H,16,21)(H,17,18)/t14-/m0/s1. The molecule has 1 amide bonds. The van der Waals surface area contributed by atoms with E-state index in [1.807, 2.05) is 0 Å². The van der Waals surface area contributed by atoms with Gasteiger partial charge in [0.15, 0.2) is 0 Å². The molecule has 0 spiro atoms. The van der Waals surface area contributed by atoms with Gasteiger partial charge in [-0.3, -0.25) is 19.9 Å². The van der Waals surface area contributed by atoms with Gasteiger partial charge in [0.2, 0.25) is 15.9 Å². The third kappa shape index (κ3) is 3.29. The highest BCUT2D eigenvalue weighted by Crippen LogP contribution is 2.35. The fraction of sp³-hybridized carbons (Fsp3) is 0.429. The average Bonchev–Trinajstić information content (AvgIpc) is 3.24. The Kier molecular flexibility index (Phi) is 4.58. The largest absolute Gasteiger partial charge is 0.351 e. The van der Waals surface area contributed by atoms with Gasteiger partial charge in [0.25, 0.3) is 0 Å². The van der Waals surface area contributed by atoms with Crippen LogP contribution in [-0.4, -0.2) is 45.3 Å². The second kappa shape index (κ2) is 6.65. The van der Waals surface area contributed by atoms with Crippen LogP contribution < -0.4 is 5.32 Å². The predicted octanol–water partition coefficient (Wildman–Crippen LogP) is 0.362. The highest BCUT2D eigenvalue weighted by molar-refractivity contribution is 7.89. The van der Waals surface area contributed by atoms with E-state index in [-0.39, 0.29) is 23.4 Å². The van der Waals surface area contributed by atoms with E-state index in [4.69, 9.17) is 0 Å². The summed E-state index contributed by atoms with van der Waals surface area (Å²) < 4.78 is 26.9. The van der Waals surface area contributed by atoms with Gasteiger partial charge in [-0.25, -0.2) is 8.42 Å². The van der Waals surface area contributed by atoms with Gasteiger partial charge in [0.1, 0.15) is 4.90 Å². The molecule has 2 aromatic rings. The summed E-state index contributed by atoms with van der Waals surface area (Å²) in [5.74, 6) is -0.160. The van der Waals surface area contributed by atoms with Gasteiger partial charge in [-0.2, -0.15) is 9.40 Å². The Balaban J connectivity index is 1.86. The topological polar surface area (TPSA) is 121 Å². The van der Waals surface area contributed by atoms with E-state index in [9.17, 15) is 13.2 Å². The molecular formula is C14H18N6O3S. The summed E-state index contributed by atoms with van der Waals surface area (Å²) in [6.45, 7) is 2.11. The molecule has 2 aromatic heterocycles. The van der Waals surface area contributed by atoms with Crippen LogP contribution in [0.1, 0.15) is 37.2 Å². The molecule has 3 heterocycles. The van der Waals surface area contributed by atoms with Gasteiger partial charge in [-0.1, -0.05) is 0 Å². The van der Waals surface area contributed by atoms with Crippen LogP contribution in [0.25, 0.3) is 0 Å². The zero-order valence-electron chi connectivity index (χ0n) is 13.1. The van der Waals surface area contributed by atoms with E-state index < -0.39 is 10.0 Å². The average molecular weight is 350 g/mol. The number of hydrogen-bond donors (Lipinski definition) is 2. The number of carbonyl (C=O) groups excluding carboxylic acids is 1. The molecule has 2 N–H and O–H groups in total. The van der Waals surface area contributed by atoms with Crippen LogP contribution in [0.2, 0.25) is 0 Å². The summed E-state index contributed by atoms with van der Waals surface area (Å²) in [5.41, 5.74) is 1.18. The third-order valence-electron chi connectivity index (χ3n) is 3.85. The molecule has 1 saturated heterocycles. The van der Waals surface area contributed by atoms with Crippen molar-refractivity contribution in [2.24, 2.45) is 0 Å². The monoisotopic (exact) mass is 350 g/mol. The Morgan fingerprint density at radius 3 is 2.96 bits per heavy atom. The summed E-state index contributed by atoms with van der Waals surface area (Å²) in [7, 11) is -3.63. The van der Waals surface area contributed by atoms with Gasteiger partial charge in [0, 0.05) is 19.7 Å². The van der Waals surface area contributed by atoms with E-state index in [2.05, 4.69) is 25.5 Å². The molecule has 9 nitrogen and oxygen atoms in total. The molecule has 24 heavy (non-hydrogen) atoms. The van der Waals surface area contributed by atoms with Gasteiger partial charge in [-0.05, 0) is 12.8 Å². The molecule has 10 heteroatoms. The summed E-state index contributed by atoms with van der Waals surface area (Å²) in [4.78, 5) is 19.8. The summed E-state index contributed by atoms with van der Waals surface area (Å²) in [5, 5.41) is 8.90. The number of hydrogen-bond acceptors (Lipinski definition) is 6. The molecule has 1 aliphatic rings. The molecule has 0 unspecified atom stereocenters. The van der Waals surface area contributed by atoms with Crippen LogP contribution in [0.5, 0.6) is 0 Å². The second-order valence-electron chi connectivity index (χ2n) is 5.55. The maximum absolute atomic E-state index is 12.7. The number of H-pyrrole nitrogens is 1. The zero-order valence-corrected chi connectivity index (χ0v) is 14.0. The highest BCUT2D eigenvalue weighted by Gasteiger charge is 2.37. The van der Waals surface area contributed by atoms with Crippen molar-refractivity contribution in [1.29, 1.82) is 0 Å². The molecule has 0 aromatic carbocycles. The Morgan fingerprint density at radius 2 is 2.25 bits per heavy atom. The van der Waals surface area contributed by atoms with Gasteiger partial charge < -0.3 is 5.32 Å². The van der Waals surface area contributed by atoms with Crippen molar-refractivity contribution in [3.8, 4) is 0 Å². The Bertz CT molecular complexity index is 821. The van der Waals surface area contributed by atoms with E-state index >= 15 is 0 Å². The minimum Gasteiger partial charge on any atom is -0.351 e. The number of aromatic nitrogens is 4. The first-order valence-corrected chi connectivity index (χ1v) is 8.98. The fourth-order valence-corrected chi connectivity index (χ4v) is 4.30. The molecular weight excluding hydrogens is 332 g/mol. The first kappa shape index (κ1) is 16.5. The molecule has 3 rings (SSSR count). The van der Waals surface area contributed by atoms with E-state index in [0.717, 1.165) is 6.42 Å². The van der Waals surface area contributed by atoms with Crippen LogP contribution in [0, 0.1) is 0 Å². The van der Waals surface area contributed by atoms with E-state index in [1.165, 1.54) is 23.6 Å². The van der Waals surface area contributed by atoms with Crippen LogP contribution in [0.4, 0.5) is 0 Å². The minimum atomic E-state index is -3.63. The van der Waals surface area contributed by atoms with E-state index in [0.29, 0.717) is 24.4 Å².